The fraction of sp³-hybridized carbons (Fsp3) is 0.600. The lowest BCUT2D eigenvalue weighted by Crippen LogP contribution is -2.56. The fourth-order valence-corrected chi connectivity index (χ4v) is 2.30. The van der Waals surface area contributed by atoms with E-state index in [2.05, 4.69) is 24.1 Å². The highest BCUT2D eigenvalue weighted by Gasteiger charge is 2.27. The minimum atomic E-state index is 0.0529. The Morgan fingerprint density at radius 3 is 3.13 bits per heavy atom. The van der Waals surface area contributed by atoms with Crippen molar-refractivity contribution in [3.63, 3.8) is 0 Å². The van der Waals surface area contributed by atoms with Crippen molar-refractivity contribution < 1.29 is 4.79 Å². The zero-order valence-corrected chi connectivity index (χ0v) is 9.75. The van der Waals surface area contributed by atoms with Gasteiger partial charge in [-0.25, -0.2) is 4.98 Å². The van der Waals surface area contributed by atoms with Gasteiger partial charge in [0.2, 0.25) is 0 Å². The zero-order chi connectivity index (χ0) is 10.8. The Morgan fingerprint density at radius 1 is 1.67 bits per heavy atom. The largest absolute Gasteiger partial charge is 0.332 e. The first kappa shape index (κ1) is 10.6. The van der Waals surface area contributed by atoms with Crippen LogP contribution in [0.3, 0.4) is 0 Å². The van der Waals surface area contributed by atoms with E-state index in [9.17, 15) is 4.79 Å². The maximum Gasteiger partial charge on any atom is 0.273 e. The number of carbonyl (C=O) groups excluding carboxylic acids is 1. The molecule has 1 saturated heterocycles. The number of aromatic nitrogens is 1. The van der Waals surface area contributed by atoms with E-state index >= 15 is 0 Å². The number of nitrogens with one attached hydrogen (secondary N) is 1. The first-order valence-corrected chi connectivity index (χ1v) is 6.05. The Bertz CT molecular complexity index is 338. The molecule has 15 heavy (non-hydrogen) atoms. The molecule has 1 amide bonds. The van der Waals surface area contributed by atoms with Gasteiger partial charge in [0, 0.05) is 30.6 Å². The number of hydrogen-bond acceptors (Lipinski definition) is 4. The van der Waals surface area contributed by atoms with Crippen LogP contribution in [0.25, 0.3) is 0 Å². The Balaban J connectivity index is 2.12. The van der Waals surface area contributed by atoms with Crippen LogP contribution in [0.5, 0.6) is 0 Å². The molecule has 2 unspecified atom stereocenters. The number of rotatable bonds is 1. The molecule has 0 aromatic carbocycles. The van der Waals surface area contributed by atoms with Crippen molar-refractivity contribution in [3.8, 4) is 0 Å². The van der Waals surface area contributed by atoms with Crippen molar-refractivity contribution >= 4 is 17.2 Å². The van der Waals surface area contributed by atoms with E-state index in [-0.39, 0.29) is 11.9 Å². The maximum absolute atomic E-state index is 12.1. The monoisotopic (exact) mass is 225 g/mol. The van der Waals surface area contributed by atoms with Gasteiger partial charge in [-0.3, -0.25) is 4.79 Å². The predicted octanol–water partition coefficient (Wildman–Crippen LogP) is 0.966. The average molecular weight is 225 g/mol. The minimum Gasteiger partial charge on any atom is -0.332 e. The van der Waals surface area contributed by atoms with Gasteiger partial charge in [0.25, 0.3) is 5.91 Å². The topological polar surface area (TPSA) is 45.2 Å². The van der Waals surface area contributed by atoms with Gasteiger partial charge in [-0.15, -0.1) is 11.3 Å². The van der Waals surface area contributed by atoms with Gasteiger partial charge in [0.1, 0.15) is 5.69 Å². The highest BCUT2D eigenvalue weighted by molar-refractivity contribution is 7.07. The van der Waals surface area contributed by atoms with Crippen LogP contribution < -0.4 is 5.32 Å². The third-order valence-electron chi connectivity index (χ3n) is 2.68. The molecule has 1 aliphatic heterocycles. The normalized spacial score (nSPS) is 26.7. The van der Waals surface area contributed by atoms with E-state index < -0.39 is 0 Å². The molecule has 2 heterocycles. The lowest BCUT2D eigenvalue weighted by atomic mass is 10.1. The van der Waals surface area contributed by atoms with Crippen LogP contribution in [0.4, 0.5) is 0 Å². The highest BCUT2D eigenvalue weighted by atomic mass is 32.1. The van der Waals surface area contributed by atoms with Crippen molar-refractivity contribution in [1.82, 2.24) is 15.2 Å². The molecule has 82 valence electrons. The molecule has 1 N–H and O–H groups in total. The number of carbonyl (C=O) groups is 1. The standard InChI is InChI=1S/C10H15N3OS/c1-7-4-13(8(2)3-11-7)10(14)9-5-15-6-12-9/h5-8,11H,3-4H2,1-2H3. The lowest BCUT2D eigenvalue weighted by molar-refractivity contribution is 0.0611. The maximum atomic E-state index is 12.1. The summed E-state index contributed by atoms with van der Waals surface area (Å²) in [5.41, 5.74) is 2.27. The second kappa shape index (κ2) is 4.28. The summed E-state index contributed by atoms with van der Waals surface area (Å²) in [6.45, 7) is 5.77. The van der Waals surface area contributed by atoms with Crippen LogP contribution in [-0.2, 0) is 0 Å². The quantitative estimate of drug-likeness (QED) is 0.774. The number of amides is 1. The van der Waals surface area contributed by atoms with Crippen LogP contribution in [0, 0.1) is 0 Å². The third-order valence-corrected chi connectivity index (χ3v) is 3.26. The predicted molar refractivity (Wildman–Crippen MR) is 60.1 cm³/mol. The van der Waals surface area contributed by atoms with Crippen molar-refractivity contribution in [2.75, 3.05) is 13.1 Å². The van der Waals surface area contributed by atoms with Gasteiger partial charge < -0.3 is 10.2 Å². The molecular formula is C10H15N3OS. The third kappa shape index (κ3) is 2.18. The van der Waals surface area contributed by atoms with E-state index in [1.165, 1.54) is 11.3 Å². The fourth-order valence-electron chi connectivity index (χ4n) is 1.77. The second-order valence-corrected chi connectivity index (χ2v) is 4.71. The molecule has 4 nitrogen and oxygen atoms in total. The number of thiazole rings is 1. The van der Waals surface area contributed by atoms with Crippen molar-refractivity contribution in [2.45, 2.75) is 25.9 Å². The molecule has 0 aliphatic carbocycles. The van der Waals surface area contributed by atoms with Crippen LogP contribution >= 0.6 is 11.3 Å². The molecule has 0 bridgehead atoms. The van der Waals surface area contributed by atoms with Crippen LogP contribution in [0.1, 0.15) is 24.3 Å². The molecule has 0 spiro atoms. The summed E-state index contributed by atoms with van der Waals surface area (Å²) < 4.78 is 0. The first-order chi connectivity index (χ1) is 7.18. The number of piperazine rings is 1. The van der Waals surface area contributed by atoms with Gasteiger partial charge >= 0.3 is 0 Å². The molecule has 2 atom stereocenters. The summed E-state index contributed by atoms with van der Waals surface area (Å²) in [7, 11) is 0. The van der Waals surface area contributed by atoms with Gasteiger partial charge in [0.05, 0.1) is 5.51 Å². The van der Waals surface area contributed by atoms with E-state index in [4.69, 9.17) is 0 Å². The van der Waals surface area contributed by atoms with Crippen molar-refractivity contribution in [3.05, 3.63) is 16.6 Å². The molecule has 1 aliphatic rings. The van der Waals surface area contributed by atoms with E-state index in [1.807, 2.05) is 10.3 Å². The first-order valence-electron chi connectivity index (χ1n) is 5.11. The Labute approximate surface area is 93.3 Å². The van der Waals surface area contributed by atoms with Gasteiger partial charge in [-0.1, -0.05) is 0 Å². The Morgan fingerprint density at radius 2 is 2.47 bits per heavy atom. The molecule has 0 radical (unpaired) electrons. The number of nitrogens with zero attached hydrogens (tertiary/aromatic N) is 2. The van der Waals surface area contributed by atoms with E-state index in [1.54, 1.807) is 5.51 Å². The SMILES string of the molecule is CC1CN(C(=O)c2cscn2)C(C)CN1. The Kier molecular flexibility index (Phi) is 3.02. The molecule has 1 aromatic heterocycles. The van der Waals surface area contributed by atoms with Gasteiger partial charge in [-0.2, -0.15) is 0 Å². The van der Waals surface area contributed by atoms with E-state index in [0.29, 0.717) is 11.7 Å². The highest BCUT2D eigenvalue weighted by Crippen LogP contribution is 2.12. The summed E-state index contributed by atoms with van der Waals surface area (Å²) >= 11 is 1.46. The molecular weight excluding hydrogens is 210 g/mol. The summed E-state index contributed by atoms with van der Waals surface area (Å²) in [4.78, 5) is 18.0. The van der Waals surface area contributed by atoms with Crippen LogP contribution in [0.2, 0.25) is 0 Å². The molecule has 2 rings (SSSR count). The molecule has 5 heteroatoms. The van der Waals surface area contributed by atoms with E-state index in [0.717, 1.165) is 13.1 Å². The summed E-state index contributed by atoms with van der Waals surface area (Å²) in [6.07, 6.45) is 0. The van der Waals surface area contributed by atoms with Crippen LogP contribution in [0.15, 0.2) is 10.9 Å². The molecule has 0 saturated carbocycles. The summed E-state index contributed by atoms with van der Waals surface area (Å²) in [5, 5.41) is 5.16. The Hall–Kier alpha value is -0.940. The summed E-state index contributed by atoms with van der Waals surface area (Å²) in [5.74, 6) is 0.0529. The zero-order valence-electron chi connectivity index (χ0n) is 8.93. The van der Waals surface area contributed by atoms with Gasteiger partial charge in [-0.05, 0) is 13.8 Å². The minimum absolute atomic E-state index is 0.0529. The number of hydrogen-bond donors (Lipinski definition) is 1. The average Bonchev–Trinajstić information content (AvgIpc) is 2.74. The van der Waals surface area contributed by atoms with Crippen LogP contribution in [-0.4, -0.2) is 41.0 Å². The van der Waals surface area contributed by atoms with Crippen molar-refractivity contribution in [2.24, 2.45) is 0 Å². The molecule has 1 aromatic rings. The second-order valence-electron chi connectivity index (χ2n) is 3.99. The summed E-state index contributed by atoms with van der Waals surface area (Å²) in [6, 6.07) is 0.610. The molecule has 1 fully saturated rings. The lowest BCUT2D eigenvalue weighted by Gasteiger charge is -2.37. The van der Waals surface area contributed by atoms with Gasteiger partial charge in [0.15, 0.2) is 0 Å². The van der Waals surface area contributed by atoms with Crippen molar-refractivity contribution in [1.29, 1.82) is 0 Å². The smallest absolute Gasteiger partial charge is 0.273 e.